The van der Waals surface area contributed by atoms with Crippen LogP contribution in [0.4, 0.5) is 0 Å². The van der Waals surface area contributed by atoms with Crippen LogP contribution in [0.2, 0.25) is 0 Å². The molecule has 15 heavy (non-hydrogen) atoms. The molecule has 4 heteroatoms. The molecule has 1 aliphatic rings. The molecule has 0 bridgehead atoms. The smallest absolute Gasteiger partial charge is 0.224 e. The van der Waals surface area contributed by atoms with Crippen molar-refractivity contribution < 1.29 is 14.6 Å². The van der Waals surface area contributed by atoms with E-state index in [0.717, 1.165) is 31.8 Å². The van der Waals surface area contributed by atoms with Gasteiger partial charge < -0.3 is 14.7 Å². The summed E-state index contributed by atoms with van der Waals surface area (Å²) in [6.07, 6.45) is 2.67. The van der Waals surface area contributed by atoms with Gasteiger partial charge in [0.05, 0.1) is 26.2 Å². The lowest BCUT2D eigenvalue weighted by molar-refractivity contribution is -0.133. The molecule has 1 fully saturated rings. The van der Waals surface area contributed by atoms with Crippen LogP contribution in [-0.2, 0) is 9.53 Å². The molecule has 0 aliphatic carbocycles. The fraction of sp³-hybridized carbons (Fsp3) is 0.909. The number of aliphatic hydroxyl groups is 1. The van der Waals surface area contributed by atoms with Crippen molar-refractivity contribution in [2.45, 2.75) is 26.2 Å². The fourth-order valence-corrected chi connectivity index (χ4v) is 1.74. The van der Waals surface area contributed by atoms with Crippen LogP contribution >= 0.6 is 0 Å². The van der Waals surface area contributed by atoms with Crippen LogP contribution in [0, 0.1) is 5.92 Å². The highest BCUT2D eigenvalue weighted by molar-refractivity contribution is 5.76. The van der Waals surface area contributed by atoms with E-state index in [9.17, 15) is 4.79 Å². The highest BCUT2D eigenvalue weighted by Crippen LogP contribution is 2.16. The molecule has 88 valence electrons. The summed E-state index contributed by atoms with van der Waals surface area (Å²) < 4.78 is 5.07. The van der Waals surface area contributed by atoms with Crippen molar-refractivity contribution >= 4 is 5.91 Å². The molecule has 1 aliphatic heterocycles. The van der Waals surface area contributed by atoms with Crippen molar-refractivity contribution in [1.29, 1.82) is 0 Å². The topological polar surface area (TPSA) is 49.8 Å². The number of amides is 1. The molecule has 0 unspecified atom stereocenters. The Bertz CT molecular complexity index is 188. The molecule has 0 aromatic rings. The molecule has 0 atom stereocenters. The summed E-state index contributed by atoms with van der Waals surface area (Å²) in [6.45, 7) is 4.78. The summed E-state index contributed by atoms with van der Waals surface area (Å²) >= 11 is 0. The minimum absolute atomic E-state index is 0.0232. The highest BCUT2D eigenvalue weighted by atomic mass is 16.5. The van der Waals surface area contributed by atoms with E-state index >= 15 is 0 Å². The maximum absolute atomic E-state index is 11.7. The van der Waals surface area contributed by atoms with E-state index in [1.165, 1.54) is 0 Å². The Morgan fingerprint density at radius 1 is 1.40 bits per heavy atom. The standard InChI is InChI=1S/C11H21NO3/c1-10-2-5-12(6-3-10)11(14)4-8-15-9-7-13/h10,13H,2-9H2,1H3. The van der Waals surface area contributed by atoms with Gasteiger partial charge in [0.1, 0.15) is 0 Å². The lowest BCUT2D eigenvalue weighted by atomic mass is 9.99. The number of hydrogen-bond acceptors (Lipinski definition) is 3. The maximum atomic E-state index is 11.7. The highest BCUT2D eigenvalue weighted by Gasteiger charge is 2.19. The third-order valence-electron chi connectivity index (χ3n) is 2.83. The van der Waals surface area contributed by atoms with Crippen molar-refractivity contribution in [2.24, 2.45) is 5.92 Å². The van der Waals surface area contributed by atoms with Crippen LogP contribution < -0.4 is 0 Å². The van der Waals surface area contributed by atoms with E-state index in [1.807, 2.05) is 4.90 Å². The average Bonchev–Trinajstić information content (AvgIpc) is 2.25. The molecule has 0 spiro atoms. The number of rotatable bonds is 5. The molecule has 1 rings (SSSR count). The molecule has 0 aromatic carbocycles. The van der Waals surface area contributed by atoms with Crippen LogP contribution in [0.3, 0.4) is 0 Å². The molecule has 1 saturated heterocycles. The SMILES string of the molecule is CC1CCN(C(=O)CCOCCO)CC1. The van der Waals surface area contributed by atoms with Gasteiger partial charge in [0.15, 0.2) is 0 Å². The molecule has 1 heterocycles. The third-order valence-corrected chi connectivity index (χ3v) is 2.83. The minimum Gasteiger partial charge on any atom is -0.394 e. The first-order valence-corrected chi connectivity index (χ1v) is 5.70. The van der Waals surface area contributed by atoms with Crippen LogP contribution in [-0.4, -0.2) is 48.8 Å². The summed E-state index contributed by atoms with van der Waals surface area (Å²) in [4.78, 5) is 13.6. The van der Waals surface area contributed by atoms with Gasteiger partial charge in [-0.2, -0.15) is 0 Å². The molecule has 0 radical (unpaired) electrons. The molecule has 1 N–H and O–H groups in total. The monoisotopic (exact) mass is 215 g/mol. The molecular weight excluding hydrogens is 194 g/mol. The Labute approximate surface area is 91.2 Å². The number of likely N-dealkylation sites (tertiary alicyclic amines) is 1. The Kier molecular flexibility index (Phi) is 5.65. The van der Waals surface area contributed by atoms with Gasteiger partial charge in [-0.1, -0.05) is 6.92 Å². The maximum Gasteiger partial charge on any atom is 0.224 e. The normalized spacial score (nSPS) is 18.1. The zero-order chi connectivity index (χ0) is 11.1. The van der Waals surface area contributed by atoms with E-state index in [0.29, 0.717) is 19.6 Å². The van der Waals surface area contributed by atoms with Crippen molar-refractivity contribution in [1.82, 2.24) is 4.90 Å². The minimum atomic E-state index is 0.0232. The van der Waals surface area contributed by atoms with E-state index < -0.39 is 0 Å². The third kappa shape index (κ3) is 4.62. The van der Waals surface area contributed by atoms with Gasteiger partial charge in [-0.05, 0) is 18.8 Å². The second kappa shape index (κ2) is 6.80. The van der Waals surface area contributed by atoms with E-state index in [4.69, 9.17) is 9.84 Å². The van der Waals surface area contributed by atoms with Crippen LogP contribution in [0.1, 0.15) is 26.2 Å². The average molecular weight is 215 g/mol. The van der Waals surface area contributed by atoms with Gasteiger partial charge in [-0.15, -0.1) is 0 Å². The van der Waals surface area contributed by atoms with Crippen molar-refractivity contribution in [3.05, 3.63) is 0 Å². The number of nitrogens with zero attached hydrogens (tertiary/aromatic N) is 1. The van der Waals surface area contributed by atoms with Crippen molar-refractivity contribution in [3.63, 3.8) is 0 Å². The zero-order valence-electron chi connectivity index (χ0n) is 9.45. The van der Waals surface area contributed by atoms with Gasteiger partial charge in [-0.3, -0.25) is 4.79 Å². The van der Waals surface area contributed by atoms with Gasteiger partial charge in [0, 0.05) is 13.1 Å². The lowest BCUT2D eigenvalue weighted by Gasteiger charge is -2.30. The molecule has 0 saturated carbocycles. The quantitative estimate of drug-likeness (QED) is 0.685. The predicted molar refractivity (Wildman–Crippen MR) is 57.5 cm³/mol. The number of carbonyl (C=O) groups is 1. The predicted octanol–water partition coefficient (Wildman–Crippen LogP) is 0.644. The zero-order valence-corrected chi connectivity index (χ0v) is 9.45. The van der Waals surface area contributed by atoms with Crippen LogP contribution in [0.5, 0.6) is 0 Å². The number of ether oxygens (including phenoxy) is 1. The Hall–Kier alpha value is -0.610. The van der Waals surface area contributed by atoms with E-state index in [2.05, 4.69) is 6.92 Å². The fourth-order valence-electron chi connectivity index (χ4n) is 1.74. The lowest BCUT2D eigenvalue weighted by Crippen LogP contribution is -2.38. The first kappa shape index (κ1) is 12.5. The Morgan fingerprint density at radius 3 is 2.67 bits per heavy atom. The van der Waals surface area contributed by atoms with Gasteiger partial charge in [0.2, 0.25) is 5.91 Å². The van der Waals surface area contributed by atoms with Gasteiger partial charge in [-0.25, -0.2) is 0 Å². The Balaban J connectivity index is 2.11. The Morgan fingerprint density at radius 2 is 2.07 bits per heavy atom. The number of hydrogen-bond donors (Lipinski definition) is 1. The second-order valence-corrected chi connectivity index (χ2v) is 4.15. The first-order valence-electron chi connectivity index (χ1n) is 5.70. The van der Waals surface area contributed by atoms with Gasteiger partial charge in [0.25, 0.3) is 0 Å². The summed E-state index contributed by atoms with van der Waals surface area (Å²) in [5, 5.41) is 8.49. The number of aliphatic hydroxyl groups excluding tert-OH is 1. The van der Waals surface area contributed by atoms with Crippen LogP contribution in [0.25, 0.3) is 0 Å². The molecular formula is C11H21NO3. The summed E-state index contributed by atoms with van der Waals surface area (Å²) in [7, 11) is 0. The van der Waals surface area contributed by atoms with Crippen molar-refractivity contribution in [3.8, 4) is 0 Å². The largest absolute Gasteiger partial charge is 0.394 e. The molecule has 0 aromatic heterocycles. The number of carbonyl (C=O) groups excluding carboxylic acids is 1. The van der Waals surface area contributed by atoms with E-state index in [-0.39, 0.29) is 12.5 Å². The van der Waals surface area contributed by atoms with Gasteiger partial charge >= 0.3 is 0 Å². The van der Waals surface area contributed by atoms with E-state index in [1.54, 1.807) is 0 Å². The summed E-state index contributed by atoms with van der Waals surface area (Å²) in [6, 6.07) is 0. The first-order chi connectivity index (χ1) is 7.24. The molecule has 1 amide bonds. The molecule has 4 nitrogen and oxygen atoms in total. The second-order valence-electron chi connectivity index (χ2n) is 4.15. The van der Waals surface area contributed by atoms with Crippen molar-refractivity contribution in [2.75, 3.05) is 32.9 Å². The van der Waals surface area contributed by atoms with Crippen LogP contribution in [0.15, 0.2) is 0 Å². The summed E-state index contributed by atoms with van der Waals surface area (Å²) in [5.41, 5.74) is 0. The summed E-state index contributed by atoms with van der Waals surface area (Å²) in [5.74, 6) is 0.930. The number of piperidine rings is 1.